The van der Waals surface area contributed by atoms with E-state index in [0.717, 1.165) is 62.3 Å². The predicted molar refractivity (Wildman–Crippen MR) is 143 cm³/mol. The van der Waals surface area contributed by atoms with E-state index < -0.39 is 0 Å². The van der Waals surface area contributed by atoms with Gasteiger partial charge in [-0.25, -0.2) is 5.01 Å². The quantitative estimate of drug-likeness (QED) is 0.250. The number of hydrogen-bond acceptors (Lipinski definition) is 4. The zero-order chi connectivity index (χ0) is 23.5. The highest BCUT2D eigenvalue weighted by Gasteiger charge is 2.41. The first-order valence-electron chi connectivity index (χ1n) is 11.9. The summed E-state index contributed by atoms with van der Waals surface area (Å²) in [6.45, 7) is 2.98. The van der Waals surface area contributed by atoms with Gasteiger partial charge in [-0.05, 0) is 64.3 Å². The maximum absolute atomic E-state index is 6.58. The van der Waals surface area contributed by atoms with E-state index in [1.54, 1.807) is 0 Å². The Hall–Kier alpha value is -2.31. The van der Waals surface area contributed by atoms with Crippen molar-refractivity contribution in [2.45, 2.75) is 51.3 Å². The number of fused-ring (bicyclic) bond motifs is 3. The number of unbranched alkanes of at least 4 members (excludes halogenated alkanes) is 3. The molecule has 4 nitrogen and oxygen atoms in total. The predicted octanol–water partition coefficient (Wildman–Crippen LogP) is 8.41. The molecule has 2 heterocycles. The second-order valence-electron chi connectivity index (χ2n) is 8.77. The summed E-state index contributed by atoms with van der Waals surface area (Å²) in [6, 6.07) is 23.0. The van der Waals surface area contributed by atoms with Crippen molar-refractivity contribution in [3.8, 4) is 11.5 Å². The molecule has 2 atom stereocenters. The van der Waals surface area contributed by atoms with Gasteiger partial charge >= 0.3 is 0 Å². The molecule has 0 bridgehead atoms. The monoisotopic (exact) mass is 582 g/mol. The minimum Gasteiger partial charge on any atom is -0.494 e. The third kappa shape index (κ3) is 4.89. The highest BCUT2D eigenvalue weighted by molar-refractivity contribution is 9.11. The summed E-state index contributed by atoms with van der Waals surface area (Å²) in [7, 11) is 0. The number of rotatable bonds is 8. The van der Waals surface area contributed by atoms with Crippen LogP contribution < -0.4 is 9.47 Å². The van der Waals surface area contributed by atoms with Crippen LogP contribution in [0.1, 0.15) is 68.0 Å². The Morgan fingerprint density at radius 2 is 1.79 bits per heavy atom. The van der Waals surface area contributed by atoms with E-state index in [0.29, 0.717) is 0 Å². The van der Waals surface area contributed by atoms with Gasteiger partial charge in [0.2, 0.25) is 6.23 Å². The highest BCUT2D eigenvalue weighted by Crippen LogP contribution is 2.50. The first-order valence-corrected chi connectivity index (χ1v) is 13.5. The Balaban J connectivity index is 1.42. The number of halogens is 2. The lowest BCUT2D eigenvalue weighted by Crippen LogP contribution is -2.33. The highest BCUT2D eigenvalue weighted by atomic mass is 79.9. The molecule has 0 spiro atoms. The molecule has 0 N–H and O–H groups in total. The number of ether oxygens (including phenoxy) is 2. The van der Waals surface area contributed by atoms with Crippen molar-refractivity contribution in [1.29, 1.82) is 0 Å². The third-order valence-corrected chi connectivity index (χ3v) is 7.39. The van der Waals surface area contributed by atoms with Gasteiger partial charge in [0.05, 0.1) is 22.8 Å². The molecule has 0 fully saturated rings. The minimum atomic E-state index is -0.310. The molecule has 0 radical (unpaired) electrons. The molecule has 0 saturated carbocycles. The van der Waals surface area contributed by atoms with Crippen molar-refractivity contribution in [3.05, 3.63) is 92.4 Å². The van der Waals surface area contributed by atoms with Crippen LogP contribution in [0.5, 0.6) is 11.5 Å². The van der Waals surface area contributed by atoms with Gasteiger partial charge in [0, 0.05) is 22.0 Å². The lowest BCUT2D eigenvalue weighted by molar-refractivity contribution is -0.0197. The topological polar surface area (TPSA) is 34.1 Å². The molecule has 2 aliphatic rings. The van der Waals surface area contributed by atoms with Crippen LogP contribution in [-0.2, 0) is 0 Å². The number of hydrogen-bond donors (Lipinski definition) is 0. The second kappa shape index (κ2) is 10.5. The maximum atomic E-state index is 6.58. The zero-order valence-electron chi connectivity index (χ0n) is 19.2. The van der Waals surface area contributed by atoms with Gasteiger partial charge in [-0.15, -0.1) is 0 Å². The summed E-state index contributed by atoms with van der Waals surface area (Å²) in [6.07, 6.45) is 5.32. The van der Waals surface area contributed by atoms with E-state index >= 15 is 0 Å². The van der Waals surface area contributed by atoms with Gasteiger partial charge in [0.1, 0.15) is 11.5 Å². The van der Waals surface area contributed by atoms with Crippen LogP contribution in [0.4, 0.5) is 0 Å². The Morgan fingerprint density at radius 3 is 2.56 bits per heavy atom. The molecule has 0 unspecified atom stereocenters. The van der Waals surface area contributed by atoms with E-state index in [9.17, 15) is 0 Å². The van der Waals surface area contributed by atoms with Gasteiger partial charge in [-0.3, -0.25) is 0 Å². The Labute approximate surface area is 218 Å². The second-order valence-corrected chi connectivity index (χ2v) is 10.5. The average Bonchev–Trinajstić information content (AvgIpc) is 3.31. The van der Waals surface area contributed by atoms with Crippen LogP contribution in [0.15, 0.2) is 80.8 Å². The van der Waals surface area contributed by atoms with Gasteiger partial charge < -0.3 is 9.47 Å². The summed E-state index contributed by atoms with van der Waals surface area (Å²) in [4.78, 5) is 0. The number of nitrogens with zero attached hydrogens (tertiary/aromatic N) is 2. The van der Waals surface area contributed by atoms with Crippen LogP contribution in [0.2, 0.25) is 0 Å². The largest absolute Gasteiger partial charge is 0.494 e. The molecule has 0 aromatic heterocycles. The molecule has 3 aromatic carbocycles. The summed E-state index contributed by atoms with van der Waals surface area (Å²) < 4.78 is 14.5. The summed E-state index contributed by atoms with van der Waals surface area (Å²) >= 11 is 7.36. The molecule has 3 aromatic rings. The van der Waals surface area contributed by atoms with Gasteiger partial charge in [0.15, 0.2) is 0 Å². The summed E-state index contributed by atoms with van der Waals surface area (Å²) in [5.74, 6) is 1.78. The first-order chi connectivity index (χ1) is 16.6. The Kier molecular flexibility index (Phi) is 7.26. The first kappa shape index (κ1) is 23.4. The molecule has 34 heavy (non-hydrogen) atoms. The summed E-state index contributed by atoms with van der Waals surface area (Å²) in [5.41, 5.74) is 4.43. The van der Waals surface area contributed by atoms with E-state index in [4.69, 9.17) is 14.6 Å². The van der Waals surface area contributed by atoms with Crippen LogP contribution in [0.25, 0.3) is 0 Å². The molecule has 6 heteroatoms. The van der Waals surface area contributed by atoms with Crippen LogP contribution in [-0.4, -0.2) is 17.3 Å². The van der Waals surface area contributed by atoms with Crippen molar-refractivity contribution in [2.75, 3.05) is 6.61 Å². The van der Waals surface area contributed by atoms with Crippen molar-refractivity contribution < 1.29 is 9.47 Å². The standard InChI is InChI=1S/C28H28Br2N2O2/c1-2-3-4-8-15-33-22-13-11-20(12-14-22)28-32-26(18-25(31-32)19-9-6-5-7-10-19)23-16-21(29)17-24(30)27(23)34-28/h5-7,9-14,16-17,26,28H,2-4,8,15,18H2,1H3/t26-,28+/m0/s1. The fourth-order valence-electron chi connectivity index (χ4n) is 4.59. The van der Waals surface area contributed by atoms with E-state index in [2.05, 4.69) is 86.3 Å². The molecule has 0 amide bonds. The van der Waals surface area contributed by atoms with E-state index in [-0.39, 0.29) is 12.3 Å². The maximum Gasteiger partial charge on any atom is 0.213 e. The van der Waals surface area contributed by atoms with Crippen molar-refractivity contribution in [2.24, 2.45) is 5.10 Å². The molecule has 0 aliphatic carbocycles. The van der Waals surface area contributed by atoms with E-state index in [1.807, 2.05) is 24.3 Å². The lowest BCUT2D eigenvalue weighted by Gasteiger charge is -2.38. The molecule has 0 saturated heterocycles. The fourth-order valence-corrected chi connectivity index (χ4v) is 5.94. The molecule has 2 aliphatic heterocycles. The average molecular weight is 584 g/mol. The van der Waals surface area contributed by atoms with Gasteiger partial charge in [-0.2, -0.15) is 5.10 Å². The fraction of sp³-hybridized carbons (Fsp3) is 0.321. The number of hydrazone groups is 1. The SMILES string of the molecule is CCCCCCOc1ccc([C@H]2Oc3c(Br)cc(Br)cc3[C@@H]3CC(c4ccccc4)=NN23)cc1. The molecular formula is C28H28Br2N2O2. The minimum absolute atomic E-state index is 0.104. The van der Waals surface area contributed by atoms with Crippen LogP contribution in [0.3, 0.4) is 0 Å². The van der Waals surface area contributed by atoms with Crippen LogP contribution in [0, 0.1) is 0 Å². The Bertz CT molecular complexity index is 1170. The Morgan fingerprint density at radius 1 is 1.00 bits per heavy atom. The van der Waals surface area contributed by atoms with Crippen molar-refractivity contribution >= 4 is 37.6 Å². The van der Waals surface area contributed by atoms with Crippen molar-refractivity contribution in [1.82, 2.24) is 5.01 Å². The molecular weight excluding hydrogens is 556 g/mol. The van der Waals surface area contributed by atoms with Crippen LogP contribution >= 0.6 is 31.9 Å². The lowest BCUT2D eigenvalue weighted by atomic mass is 9.96. The molecule has 5 rings (SSSR count). The normalized spacial score (nSPS) is 18.7. The van der Waals surface area contributed by atoms with Gasteiger partial charge in [-0.1, -0.05) is 72.4 Å². The summed E-state index contributed by atoms with van der Waals surface area (Å²) in [5, 5.41) is 7.18. The van der Waals surface area contributed by atoms with Crippen molar-refractivity contribution in [3.63, 3.8) is 0 Å². The zero-order valence-corrected chi connectivity index (χ0v) is 22.4. The number of benzene rings is 3. The smallest absolute Gasteiger partial charge is 0.213 e. The van der Waals surface area contributed by atoms with E-state index in [1.165, 1.54) is 19.3 Å². The third-order valence-electron chi connectivity index (χ3n) is 6.35. The molecule has 176 valence electrons. The van der Waals surface area contributed by atoms with Gasteiger partial charge in [0.25, 0.3) is 0 Å².